The molecule has 0 aliphatic carbocycles. The summed E-state index contributed by atoms with van der Waals surface area (Å²) < 4.78 is 0. The topological polar surface area (TPSA) is 37.8 Å². The molecule has 0 radical (unpaired) electrons. The van der Waals surface area contributed by atoms with Crippen molar-refractivity contribution < 1.29 is 0 Å². The summed E-state index contributed by atoms with van der Waals surface area (Å²) in [6.07, 6.45) is 2.64. The minimum Gasteiger partial charge on any atom is -0.313 e. The molecular formula is C15H18ClN3. The Labute approximate surface area is 119 Å². The van der Waals surface area contributed by atoms with Gasteiger partial charge in [-0.3, -0.25) is 0 Å². The number of aryl methyl sites for hydroxylation is 1. The fraction of sp³-hybridized carbons (Fsp3) is 0.333. The molecule has 1 aromatic carbocycles. The number of rotatable bonds is 4. The first-order valence-corrected chi connectivity index (χ1v) is 6.72. The van der Waals surface area contributed by atoms with E-state index < -0.39 is 0 Å². The molecule has 1 heterocycles. The van der Waals surface area contributed by atoms with Crippen LogP contribution in [0.25, 0.3) is 0 Å². The number of nitrogens with zero attached hydrogens (tertiary/aromatic N) is 2. The highest BCUT2D eigenvalue weighted by Crippen LogP contribution is 2.16. The van der Waals surface area contributed by atoms with Crippen LogP contribution in [0.15, 0.2) is 30.5 Å². The van der Waals surface area contributed by atoms with E-state index in [1.165, 1.54) is 5.56 Å². The predicted octanol–water partition coefficient (Wildman–Crippen LogP) is 3.31. The summed E-state index contributed by atoms with van der Waals surface area (Å²) in [5, 5.41) is 3.95. The van der Waals surface area contributed by atoms with Crippen molar-refractivity contribution >= 4 is 11.6 Å². The minimum absolute atomic E-state index is 0.268. The lowest BCUT2D eigenvalue weighted by molar-refractivity contribution is 0.638. The summed E-state index contributed by atoms with van der Waals surface area (Å²) in [7, 11) is 1.94. The van der Waals surface area contributed by atoms with Crippen molar-refractivity contribution in [3.63, 3.8) is 0 Å². The highest BCUT2D eigenvalue weighted by Gasteiger charge is 2.09. The summed E-state index contributed by atoms with van der Waals surface area (Å²) in [5.74, 6) is 0.840. The average molecular weight is 276 g/mol. The fourth-order valence-corrected chi connectivity index (χ4v) is 2.10. The zero-order chi connectivity index (χ0) is 13.8. The van der Waals surface area contributed by atoms with Gasteiger partial charge in [0.05, 0.1) is 0 Å². The van der Waals surface area contributed by atoms with E-state index in [0.29, 0.717) is 0 Å². The molecule has 0 fully saturated rings. The van der Waals surface area contributed by atoms with Gasteiger partial charge in [-0.05, 0) is 38.6 Å². The Morgan fingerprint density at radius 1 is 1.26 bits per heavy atom. The third-order valence-corrected chi connectivity index (χ3v) is 3.49. The molecule has 0 spiro atoms. The second-order valence-electron chi connectivity index (χ2n) is 4.64. The van der Waals surface area contributed by atoms with Gasteiger partial charge >= 0.3 is 0 Å². The Bertz CT molecular complexity index is 552. The third kappa shape index (κ3) is 3.52. The molecule has 100 valence electrons. The zero-order valence-corrected chi connectivity index (χ0v) is 12.2. The van der Waals surface area contributed by atoms with Crippen LogP contribution in [0.1, 0.15) is 35.6 Å². The normalized spacial score (nSPS) is 12.4. The number of benzene rings is 1. The first-order chi connectivity index (χ1) is 9.10. The van der Waals surface area contributed by atoms with Gasteiger partial charge in [0, 0.05) is 34.9 Å². The van der Waals surface area contributed by atoms with Crippen LogP contribution in [-0.2, 0) is 6.42 Å². The molecule has 1 N–H and O–H groups in total. The lowest BCUT2D eigenvalue weighted by atomic mass is 10.1. The molecule has 1 aromatic heterocycles. The molecule has 3 nitrogen and oxygen atoms in total. The maximum atomic E-state index is 5.87. The summed E-state index contributed by atoms with van der Waals surface area (Å²) in [6, 6.07) is 8.06. The van der Waals surface area contributed by atoms with E-state index in [-0.39, 0.29) is 6.04 Å². The standard InChI is InChI=1S/C15H18ClN3/c1-10(17-3)14-9-18-15(19-11(14)2)8-12-4-6-13(16)7-5-12/h4-7,9-10,17H,8H2,1-3H3. The molecule has 2 rings (SSSR count). The largest absolute Gasteiger partial charge is 0.313 e. The van der Waals surface area contributed by atoms with Gasteiger partial charge in [-0.1, -0.05) is 23.7 Å². The van der Waals surface area contributed by atoms with E-state index in [2.05, 4.69) is 22.2 Å². The Hall–Kier alpha value is -1.45. The third-order valence-electron chi connectivity index (χ3n) is 3.24. The van der Waals surface area contributed by atoms with Crippen molar-refractivity contribution in [1.82, 2.24) is 15.3 Å². The van der Waals surface area contributed by atoms with E-state index >= 15 is 0 Å². The lowest BCUT2D eigenvalue weighted by Crippen LogP contribution is -2.15. The van der Waals surface area contributed by atoms with Gasteiger partial charge in [-0.15, -0.1) is 0 Å². The molecular weight excluding hydrogens is 258 g/mol. The van der Waals surface area contributed by atoms with Crippen molar-refractivity contribution in [1.29, 1.82) is 0 Å². The summed E-state index contributed by atoms with van der Waals surface area (Å²) >= 11 is 5.87. The van der Waals surface area contributed by atoms with Crippen LogP contribution >= 0.6 is 11.6 Å². The molecule has 0 aliphatic heterocycles. The maximum Gasteiger partial charge on any atom is 0.132 e. The monoisotopic (exact) mass is 275 g/mol. The van der Waals surface area contributed by atoms with E-state index in [1.54, 1.807) is 0 Å². The van der Waals surface area contributed by atoms with Crippen molar-refractivity contribution in [3.8, 4) is 0 Å². The average Bonchev–Trinajstić information content (AvgIpc) is 2.41. The Morgan fingerprint density at radius 3 is 2.53 bits per heavy atom. The molecule has 4 heteroatoms. The molecule has 0 saturated carbocycles. The van der Waals surface area contributed by atoms with Crippen LogP contribution in [0.4, 0.5) is 0 Å². The van der Waals surface area contributed by atoms with Crippen LogP contribution in [-0.4, -0.2) is 17.0 Å². The predicted molar refractivity (Wildman–Crippen MR) is 78.5 cm³/mol. The molecule has 0 saturated heterocycles. The van der Waals surface area contributed by atoms with E-state index in [9.17, 15) is 0 Å². The Balaban J connectivity index is 2.18. The minimum atomic E-state index is 0.268. The van der Waals surface area contributed by atoms with Crippen molar-refractivity contribution in [3.05, 3.63) is 58.1 Å². The number of aromatic nitrogens is 2. The van der Waals surface area contributed by atoms with Crippen molar-refractivity contribution in [2.45, 2.75) is 26.3 Å². The number of hydrogen-bond acceptors (Lipinski definition) is 3. The number of nitrogens with one attached hydrogen (secondary N) is 1. The van der Waals surface area contributed by atoms with Crippen LogP contribution in [0.3, 0.4) is 0 Å². The van der Waals surface area contributed by atoms with Gasteiger partial charge in [0.2, 0.25) is 0 Å². The maximum absolute atomic E-state index is 5.87. The van der Waals surface area contributed by atoms with E-state index in [4.69, 9.17) is 11.6 Å². The smallest absolute Gasteiger partial charge is 0.132 e. The van der Waals surface area contributed by atoms with Crippen molar-refractivity contribution in [2.24, 2.45) is 0 Å². The highest BCUT2D eigenvalue weighted by atomic mass is 35.5. The van der Waals surface area contributed by atoms with Gasteiger partial charge < -0.3 is 5.32 Å². The van der Waals surface area contributed by atoms with Gasteiger partial charge in [0.1, 0.15) is 5.82 Å². The highest BCUT2D eigenvalue weighted by molar-refractivity contribution is 6.30. The zero-order valence-electron chi connectivity index (χ0n) is 11.4. The second kappa shape index (κ2) is 6.13. The Kier molecular flexibility index (Phi) is 4.51. The molecule has 0 aliphatic rings. The summed E-state index contributed by atoms with van der Waals surface area (Å²) in [5.41, 5.74) is 3.33. The number of halogens is 1. The van der Waals surface area contributed by atoms with E-state index in [0.717, 1.165) is 28.5 Å². The second-order valence-corrected chi connectivity index (χ2v) is 5.08. The molecule has 2 aromatic rings. The quantitative estimate of drug-likeness (QED) is 0.930. The molecule has 1 unspecified atom stereocenters. The first-order valence-electron chi connectivity index (χ1n) is 6.34. The van der Waals surface area contributed by atoms with Crippen LogP contribution in [0, 0.1) is 6.92 Å². The van der Waals surface area contributed by atoms with Crippen LogP contribution in [0.2, 0.25) is 5.02 Å². The van der Waals surface area contributed by atoms with Gasteiger partial charge in [0.25, 0.3) is 0 Å². The summed E-state index contributed by atoms with van der Waals surface area (Å²) in [4.78, 5) is 9.02. The summed E-state index contributed by atoms with van der Waals surface area (Å²) in [6.45, 7) is 4.13. The molecule has 0 amide bonds. The first kappa shape index (κ1) is 14.0. The van der Waals surface area contributed by atoms with Crippen molar-refractivity contribution in [2.75, 3.05) is 7.05 Å². The fourth-order valence-electron chi connectivity index (χ4n) is 1.98. The molecule has 19 heavy (non-hydrogen) atoms. The van der Waals surface area contributed by atoms with Gasteiger partial charge in [-0.25, -0.2) is 9.97 Å². The molecule has 1 atom stereocenters. The SMILES string of the molecule is CNC(C)c1cnc(Cc2ccc(Cl)cc2)nc1C. The van der Waals surface area contributed by atoms with Gasteiger partial charge in [-0.2, -0.15) is 0 Å². The van der Waals surface area contributed by atoms with E-state index in [1.807, 2.05) is 44.4 Å². The molecule has 0 bridgehead atoms. The Morgan fingerprint density at radius 2 is 1.95 bits per heavy atom. The van der Waals surface area contributed by atoms with Gasteiger partial charge in [0.15, 0.2) is 0 Å². The van der Waals surface area contributed by atoms with Crippen LogP contribution < -0.4 is 5.32 Å². The lowest BCUT2D eigenvalue weighted by Gasteiger charge is -2.13. The van der Waals surface area contributed by atoms with Crippen LogP contribution in [0.5, 0.6) is 0 Å². The number of hydrogen-bond donors (Lipinski definition) is 1.